The molecular weight excluding hydrogens is 464 g/mol. The largest absolute Gasteiger partial charge is 0.370 e. The third-order valence-electron chi connectivity index (χ3n) is 6.91. The van der Waals surface area contributed by atoms with E-state index < -0.39 is 14.1 Å². The Morgan fingerprint density at radius 2 is 1.86 bits per heavy atom. The molecule has 0 fully saturated rings. The first-order valence-corrected chi connectivity index (χ1v) is 15.2. The van der Waals surface area contributed by atoms with Gasteiger partial charge in [0.2, 0.25) is 5.91 Å². The van der Waals surface area contributed by atoms with Gasteiger partial charge in [-0.15, -0.1) is 0 Å². The van der Waals surface area contributed by atoms with Crippen molar-refractivity contribution >= 4 is 42.1 Å². The topological polar surface area (TPSA) is 143 Å². The van der Waals surface area contributed by atoms with Crippen LogP contribution >= 0.6 is 0 Å². The maximum absolute atomic E-state index is 12.8. The number of anilines is 1. The van der Waals surface area contributed by atoms with Crippen LogP contribution in [0.1, 0.15) is 29.5 Å². The summed E-state index contributed by atoms with van der Waals surface area (Å²) in [6.45, 7) is 7.18. The van der Waals surface area contributed by atoms with Gasteiger partial charge in [-0.3, -0.25) is 9.79 Å². The van der Waals surface area contributed by atoms with Crippen LogP contribution in [-0.2, 0) is 4.79 Å². The summed E-state index contributed by atoms with van der Waals surface area (Å²) in [6, 6.07) is 13.9. The Labute approximate surface area is 213 Å². The molecule has 2 aromatic carbocycles. The molecule has 2 aromatic rings. The van der Waals surface area contributed by atoms with Gasteiger partial charge in [0.1, 0.15) is 8.07 Å². The lowest BCUT2D eigenvalue weighted by Gasteiger charge is -2.38. The van der Waals surface area contributed by atoms with E-state index in [-0.39, 0.29) is 11.9 Å². The average molecular weight is 499 g/mol. The summed E-state index contributed by atoms with van der Waals surface area (Å²) >= 11 is 0. The highest BCUT2D eigenvalue weighted by molar-refractivity contribution is 6.98. The van der Waals surface area contributed by atoms with Gasteiger partial charge in [0.25, 0.3) is 0 Å². The fraction of sp³-hybridized carbons (Fsp3) is 0.250. The number of carbonyl (C=O) groups excluding carboxylic acids is 1. The van der Waals surface area contributed by atoms with E-state index in [0.717, 1.165) is 5.69 Å². The molecule has 0 saturated carbocycles. The van der Waals surface area contributed by atoms with Crippen LogP contribution in [0.5, 0.6) is 0 Å². The first kappa shape index (κ1) is 25.3. The Kier molecular flexibility index (Phi) is 7.10. The van der Waals surface area contributed by atoms with E-state index in [9.17, 15) is 4.79 Å². The molecule has 0 unspecified atom stereocenters. The van der Waals surface area contributed by atoms with Crippen molar-refractivity contribution in [2.45, 2.75) is 38.9 Å². The Hall–Kier alpha value is -3.75. The number of amides is 1. The van der Waals surface area contributed by atoms with Gasteiger partial charge in [0, 0.05) is 12.2 Å². The number of hydrogen-bond donors (Lipinski definition) is 5. The smallest absolute Gasteiger partial charge is 0.241 e. The van der Waals surface area contributed by atoms with Crippen molar-refractivity contribution in [1.82, 2.24) is 0 Å². The summed E-state index contributed by atoms with van der Waals surface area (Å²) in [5.74, 6) is -0.193. The van der Waals surface area contributed by atoms with Crippen molar-refractivity contribution in [3.05, 3.63) is 88.2 Å². The summed E-state index contributed by atoms with van der Waals surface area (Å²) in [4.78, 5) is 16.7. The Morgan fingerprint density at radius 3 is 2.58 bits per heavy atom. The monoisotopic (exact) mass is 498 g/mol. The van der Waals surface area contributed by atoms with Crippen molar-refractivity contribution in [3.63, 3.8) is 0 Å². The highest BCUT2D eigenvalue weighted by Crippen LogP contribution is 2.42. The zero-order valence-electron chi connectivity index (χ0n) is 21.1. The quantitative estimate of drug-likeness (QED) is 0.173. The molecule has 0 radical (unpaired) electrons. The third kappa shape index (κ3) is 4.96. The summed E-state index contributed by atoms with van der Waals surface area (Å²) in [5, 5.41) is 13.8. The molecule has 1 aliphatic carbocycles. The minimum Gasteiger partial charge on any atom is -0.370 e. The van der Waals surface area contributed by atoms with Crippen LogP contribution in [0.4, 0.5) is 5.69 Å². The molecule has 7 nitrogen and oxygen atoms in total. The van der Waals surface area contributed by atoms with Crippen molar-refractivity contribution in [2.24, 2.45) is 22.2 Å². The number of aryl methyl sites for hydroxylation is 1. The van der Waals surface area contributed by atoms with Gasteiger partial charge in [-0.25, -0.2) is 0 Å². The van der Waals surface area contributed by atoms with Crippen molar-refractivity contribution < 1.29 is 4.79 Å². The molecule has 2 aliphatic rings. The zero-order chi connectivity index (χ0) is 26.0. The average Bonchev–Trinajstić information content (AvgIpc) is 2.83. The van der Waals surface area contributed by atoms with Gasteiger partial charge in [0.15, 0.2) is 5.96 Å². The molecule has 1 heterocycles. The van der Waals surface area contributed by atoms with E-state index in [2.05, 4.69) is 72.8 Å². The SMILES string of the molecule is Cc1ccccc1C1=C2C=CC(=N)C=C2[Si](C)(C)c2cc(NC(=O)[C@@H](N)CCCN=C(N)N)ccc21. The Morgan fingerprint density at radius 1 is 1.11 bits per heavy atom. The van der Waals surface area contributed by atoms with Crippen LogP contribution in [0.15, 0.2) is 76.5 Å². The van der Waals surface area contributed by atoms with Gasteiger partial charge in [-0.1, -0.05) is 49.5 Å². The van der Waals surface area contributed by atoms with E-state index >= 15 is 0 Å². The molecule has 1 atom stereocenters. The zero-order valence-corrected chi connectivity index (χ0v) is 22.1. The predicted molar refractivity (Wildman–Crippen MR) is 152 cm³/mol. The fourth-order valence-electron chi connectivity index (χ4n) is 4.96. The maximum Gasteiger partial charge on any atom is 0.241 e. The first-order valence-electron chi connectivity index (χ1n) is 12.2. The molecule has 8 heteroatoms. The van der Waals surface area contributed by atoms with Crippen LogP contribution in [0.3, 0.4) is 0 Å². The standard InChI is InChI=1S/C28H34N6OSi/c1-17-7-4-5-8-20(17)26-21-12-10-18(29)15-24(21)36(2,3)25-16-19(11-13-22(25)26)34-27(35)23(30)9-6-14-33-28(31)32/h4-5,7-8,10-13,15-16,23,29H,6,9,14,30H2,1-3H3,(H,34,35)(H4,31,32,33)/t23-/m0/s1. The summed E-state index contributed by atoms with van der Waals surface area (Å²) in [6.07, 6.45) is 7.08. The Balaban J connectivity index is 1.71. The first-order chi connectivity index (χ1) is 17.1. The maximum atomic E-state index is 12.8. The Bertz CT molecular complexity index is 1350. The number of nitrogens with zero attached hydrogens (tertiary/aromatic N) is 1. The second-order valence-electron chi connectivity index (χ2n) is 9.88. The van der Waals surface area contributed by atoms with Crippen LogP contribution < -0.4 is 27.7 Å². The van der Waals surface area contributed by atoms with Gasteiger partial charge in [-0.2, -0.15) is 0 Å². The molecule has 4 rings (SSSR count). The van der Waals surface area contributed by atoms with Crippen LogP contribution in [0, 0.1) is 12.3 Å². The normalized spacial score (nSPS) is 16.6. The lowest BCUT2D eigenvalue weighted by molar-refractivity contribution is -0.117. The number of aliphatic imine (C=N–C) groups is 1. The van der Waals surface area contributed by atoms with Crippen molar-refractivity contribution in [3.8, 4) is 0 Å². The van der Waals surface area contributed by atoms with E-state index in [4.69, 9.17) is 22.6 Å². The van der Waals surface area contributed by atoms with E-state index in [1.165, 1.54) is 38.2 Å². The minimum absolute atomic E-state index is 0.0369. The molecule has 1 aliphatic heterocycles. The molecule has 36 heavy (non-hydrogen) atoms. The highest BCUT2D eigenvalue weighted by atomic mass is 28.3. The number of hydrogen-bond acceptors (Lipinski definition) is 4. The highest BCUT2D eigenvalue weighted by Gasteiger charge is 2.39. The van der Waals surface area contributed by atoms with Crippen LogP contribution in [-0.4, -0.2) is 38.2 Å². The number of carbonyl (C=O) groups is 1. The number of allylic oxidation sites excluding steroid dienone is 5. The fourth-order valence-corrected chi connectivity index (χ4v) is 8.04. The molecule has 0 aromatic heterocycles. The number of nitrogens with two attached hydrogens (primary N) is 3. The van der Waals surface area contributed by atoms with Crippen molar-refractivity contribution in [1.29, 1.82) is 5.41 Å². The predicted octanol–water partition coefficient (Wildman–Crippen LogP) is 3.10. The minimum atomic E-state index is -2.16. The van der Waals surface area contributed by atoms with E-state index in [1.54, 1.807) is 0 Å². The van der Waals surface area contributed by atoms with Crippen molar-refractivity contribution in [2.75, 3.05) is 11.9 Å². The lowest BCUT2D eigenvalue weighted by Crippen LogP contribution is -2.49. The molecule has 0 saturated heterocycles. The second-order valence-corrected chi connectivity index (χ2v) is 14.2. The van der Waals surface area contributed by atoms with Crippen LogP contribution in [0.25, 0.3) is 5.57 Å². The molecule has 0 spiro atoms. The second kappa shape index (κ2) is 10.1. The van der Waals surface area contributed by atoms with Gasteiger partial charge in [-0.05, 0) is 82.3 Å². The van der Waals surface area contributed by atoms with Gasteiger partial charge >= 0.3 is 0 Å². The molecule has 0 bridgehead atoms. The molecule has 1 amide bonds. The lowest BCUT2D eigenvalue weighted by atomic mass is 9.87. The number of benzene rings is 2. The molecule has 8 N–H and O–H groups in total. The van der Waals surface area contributed by atoms with E-state index in [1.807, 2.05) is 18.2 Å². The third-order valence-corrected chi connectivity index (χ3v) is 10.4. The summed E-state index contributed by atoms with van der Waals surface area (Å²) in [7, 11) is -2.16. The number of rotatable bonds is 7. The van der Waals surface area contributed by atoms with Gasteiger partial charge < -0.3 is 27.9 Å². The van der Waals surface area contributed by atoms with Crippen LogP contribution in [0.2, 0.25) is 13.1 Å². The van der Waals surface area contributed by atoms with Gasteiger partial charge in [0.05, 0.1) is 11.8 Å². The number of fused-ring (bicyclic) bond motifs is 2. The molecule has 186 valence electrons. The summed E-state index contributed by atoms with van der Waals surface area (Å²) < 4.78 is 0. The van der Waals surface area contributed by atoms with E-state index in [0.29, 0.717) is 25.1 Å². The summed E-state index contributed by atoms with van der Waals surface area (Å²) in [5.41, 5.74) is 24.0. The number of guanidine groups is 1. The molecular formula is C28H34N6OSi. The number of nitrogens with one attached hydrogen (secondary N) is 2.